The summed E-state index contributed by atoms with van der Waals surface area (Å²) in [5.41, 5.74) is 0.263. The topological polar surface area (TPSA) is 111 Å². The van der Waals surface area contributed by atoms with Crippen molar-refractivity contribution in [3.05, 3.63) is 64.7 Å². The number of sulfonamides is 1. The van der Waals surface area contributed by atoms with Gasteiger partial charge in [0.15, 0.2) is 0 Å². The van der Waals surface area contributed by atoms with E-state index in [0.29, 0.717) is 5.69 Å². The lowest BCUT2D eigenvalue weighted by Gasteiger charge is -2.10. The molecule has 0 aliphatic carbocycles. The van der Waals surface area contributed by atoms with Crippen LogP contribution in [0, 0.1) is 10.1 Å². The first kappa shape index (κ1) is 17.4. The number of nitro benzene ring substituents is 1. The molecule has 0 saturated carbocycles. The summed E-state index contributed by atoms with van der Waals surface area (Å²) in [5, 5.41) is 13.5. The number of hydrogen-bond acceptors (Lipinski definition) is 5. The molecule has 0 aromatic heterocycles. The van der Waals surface area contributed by atoms with Crippen LogP contribution >= 0.6 is 0 Å². The van der Waals surface area contributed by atoms with E-state index in [1.165, 1.54) is 18.2 Å². The number of nitrogens with one attached hydrogen (secondary N) is 1. The maximum Gasteiger partial charge on any atom is 0.305 e. The van der Waals surface area contributed by atoms with Crippen LogP contribution in [0.1, 0.15) is 6.92 Å². The van der Waals surface area contributed by atoms with Crippen molar-refractivity contribution in [3.63, 3.8) is 0 Å². The number of ether oxygens (including phenoxy) is 1. The zero-order valence-corrected chi connectivity index (χ0v) is 13.6. The van der Waals surface area contributed by atoms with Gasteiger partial charge >= 0.3 is 6.02 Å². The lowest BCUT2D eigenvalue weighted by Crippen LogP contribution is -2.18. The highest BCUT2D eigenvalue weighted by molar-refractivity contribution is 7.90. The summed E-state index contributed by atoms with van der Waals surface area (Å²) in [4.78, 5) is 9.82. The fourth-order valence-corrected chi connectivity index (χ4v) is 2.73. The number of benzene rings is 2. The summed E-state index contributed by atoms with van der Waals surface area (Å²) in [7, 11) is -4.16. The average molecular weight is 349 g/mol. The first-order chi connectivity index (χ1) is 11.4. The summed E-state index contributed by atoms with van der Waals surface area (Å²) in [6, 6.07) is 13.2. The molecular weight excluding hydrogens is 334 g/mol. The van der Waals surface area contributed by atoms with Crippen LogP contribution in [0.15, 0.2) is 63.9 Å². The van der Waals surface area contributed by atoms with Crippen LogP contribution in [0.25, 0.3) is 0 Å². The second-order valence-corrected chi connectivity index (χ2v) is 6.15. The fourth-order valence-electron chi connectivity index (χ4n) is 1.79. The average Bonchev–Trinajstić information content (AvgIpc) is 2.56. The minimum absolute atomic E-state index is 0.198. The number of rotatable bonds is 5. The van der Waals surface area contributed by atoms with Crippen molar-refractivity contribution in [3.8, 4) is 0 Å². The molecule has 0 spiro atoms. The first-order valence-corrected chi connectivity index (χ1v) is 8.40. The van der Waals surface area contributed by atoms with Crippen LogP contribution in [0.2, 0.25) is 0 Å². The third-order valence-corrected chi connectivity index (χ3v) is 4.09. The number of non-ortho nitro benzene ring substituents is 1. The molecule has 9 heteroatoms. The number of nitrogens with zero attached hydrogens (tertiary/aromatic N) is 2. The highest BCUT2D eigenvalue weighted by Crippen LogP contribution is 2.19. The number of hydrogen-bond donors (Lipinski definition) is 1. The monoisotopic (exact) mass is 349 g/mol. The lowest BCUT2D eigenvalue weighted by atomic mass is 10.3. The SMILES string of the molecule is CCOC(=NS(=O)(=O)c1cccc([N+](=O)[O-])c1)Nc1ccccc1. The Labute approximate surface area is 139 Å². The molecule has 1 N–H and O–H groups in total. The van der Waals surface area contributed by atoms with Gasteiger partial charge in [-0.25, -0.2) is 0 Å². The highest BCUT2D eigenvalue weighted by Gasteiger charge is 2.18. The van der Waals surface area contributed by atoms with Crippen molar-refractivity contribution in [1.29, 1.82) is 0 Å². The summed E-state index contributed by atoms with van der Waals surface area (Å²) in [6.07, 6.45) is 0. The van der Waals surface area contributed by atoms with E-state index in [9.17, 15) is 18.5 Å². The molecule has 0 radical (unpaired) electrons. The van der Waals surface area contributed by atoms with Gasteiger partial charge in [-0.2, -0.15) is 8.42 Å². The zero-order chi connectivity index (χ0) is 17.6. The molecule has 0 aliphatic rings. The maximum atomic E-state index is 12.4. The van der Waals surface area contributed by atoms with E-state index >= 15 is 0 Å². The highest BCUT2D eigenvalue weighted by atomic mass is 32.2. The van der Waals surface area contributed by atoms with Gasteiger partial charge in [-0.15, -0.1) is 4.40 Å². The molecule has 8 nitrogen and oxygen atoms in total. The maximum absolute atomic E-state index is 12.4. The van der Waals surface area contributed by atoms with Crippen molar-refractivity contribution in [2.24, 2.45) is 4.40 Å². The molecule has 0 unspecified atom stereocenters. The predicted molar refractivity (Wildman–Crippen MR) is 89.4 cm³/mol. The van der Waals surface area contributed by atoms with Gasteiger partial charge in [-0.3, -0.25) is 10.1 Å². The summed E-state index contributed by atoms with van der Waals surface area (Å²) in [6.45, 7) is 1.88. The van der Waals surface area contributed by atoms with Crippen molar-refractivity contribution in [2.75, 3.05) is 11.9 Å². The summed E-state index contributed by atoms with van der Waals surface area (Å²) >= 11 is 0. The van der Waals surface area contributed by atoms with Crippen LogP contribution < -0.4 is 5.32 Å². The van der Waals surface area contributed by atoms with E-state index in [0.717, 1.165) is 6.07 Å². The van der Waals surface area contributed by atoms with E-state index < -0.39 is 14.9 Å². The Hall–Kier alpha value is -2.94. The molecule has 0 aliphatic heterocycles. The second-order valence-electron chi connectivity index (χ2n) is 4.55. The van der Waals surface area contributed by atoms with E-state index in [-0.39, 0.29) is 23.2 Å². The largest absolute Gasteiger partial charge is 0.465 e. The molecule has 0 amide bonds. The first-order valence-electron chi connectivity index (χ1n) is 6.96. The van der Waals surface area contributed by atoms with E-state index in [1.54, 1.807) is 31.2 Å². The van der Waals surface area contributed by atoms with Gasteiger partial charge in [-0.05, 0) is 25.1 Å². The molecule has 2 aromatic rings. The Kier molecular flexibility index (Phi) is 5.48. The quantitative estimate of drug-likeness (QED) is 0.384. The van der Waals surface area contributed by atoms with Gasteiger partial charge in [0.25, 0.3) is 15.7 Å². The Morgan fingerprint density at radius 1 is 1.21 bits per heavy atom. The minimum Gasteiger partial charge on any atom is -0.465 e. The van der Waals surface area contributed by atoms with Gasteiger partial charge in [0.2, 0.25) is 0 Å². The standard InChI is InChI=1S/C15H15N3O5S/c1-2-23-15(16-12-7-4-3-5-8-12)17-24(21,22)14-10-6-9-13(11-14)18(19)20/h3-11H,2H2,1H3,(H,16,17). The molecule has 24 heavy (non-hydrogen) atoms. The van der Waals surface area contributed by atoms with Crippen LogP contribution in [0.5, 0.6) is 0 Å². The van der Waals surface area contributed by atoms with Crippen molar-refractivity contribution >= 4 is 27.4 Å². The molecule has 2 rings (SSSR count). The molecule has 0 saturated heterocycles. The zero-order valence-electron chi connectivity index (χ0n) is 12.7. The number of amidine groups is 1. The molecule has 126 valence electrons. The number of anilines is 1. The third-order valence-electron chi connectivity index (χ3n) is 2.84. The Morgan fingerprint density at radius 3 is 2.54 bits per heavy atom. The predicted octanol–water partition coefficient (Wildman–Crippen LogP) is 2.79. The Bertz CT molecular complexity index is 850. The molecule has 2 aromatic carbocycles. The van der Waals surface area contributed by atoms with Crippen molar-refractivity contribution in [1.82, 2.24) is 0 Å². The van der Waals surface area contributed by atoms with Gasteiger partial charge in [0.1, 0.15) is 0 Å². The van der Waals surface area contributed by atoms with Crippen molar-refractivity contribution in [2.45, 2.75) is 11.8 Å². The minimum atomic E-state index is -4.16. The Morgan fingerprint density at radius 2 is 1.92 bits per heavy atom. The third kappa shape index (κ3) is 4.53. The van der Waals surface area contributed by atoms with Crippen LogP contribution in [-0.4, -0.2) is 26.0 Å². The fraction of sp³-hybridized carbons (Fsp3) is 0.133. The van der Waals surface area contributed by atoms with Crippen LogP contribution in [-0.2, 0) is 14.8 Å². The normalized spacial score (nSPS) is 11.8. The van der Waals surface area contributed by atoms with Gasteiger partial charge in [-0.1, -0.05) is 24.3 Å². The summed E-state index contributed by atoms with van der Waals surface area (Å²) in [5.74, 6) is 0. The molecular formula is C15H15N3O5S. The van der Waals surface area contributed by atoms with Gasteiger partial charge in [0.05, 0.1) is 16.4 Å². The van der Waals surface area contributed by atoms with Crippen LogP contribution in [0.3, 0.4) is 0 Å². The van der Waals surface area contributed by atoms with Crippen molar-refractivity contribution < 1.29 is 18.1 Å². The van der Waals surface area contributed by atoms with Gasteiger partial charge in [0, 0.05) is 17.8 Å². The molecule has 0 atom stereocenters. The van der Waals surface area contributed by atoms with E-state index in [1.807, 2.05) is 6.07 Å². The second kappa shape index (κ2) is 7.55. The number of para-hydroxylation sites is 1. The molecule has 0 fully saturated rings. The molecule has 0 bridgehead atoms. The number of nitro groups is 1. The Balaban J connectivity index is 2.36. The van der Waals surface area contributed by atoms with Crippen LogP contribution in [0.4, 0.5) is 11.4 Å². The smallest absolute Gasteiger partial charge is 0.305 e. The van der Waals surface area contributed by atoms with E-state index in [4.69, 9.17) is 4.74 Å². The molecule has 0 heterocycles. The lowest BCUT2D eigenvalue weighted by molar-refractivity contribution is -0.385. The van der Waals surface area contributed by atoms with E-state index in [2.05, 4.69) is 9.71 Å². The summed E-state index contributed by atoms with van der Waals surface area (Å²) < 4.78 is 33.5. The van der Waals surface area contributed by atoms with Gasteiger partial charge < -0.3 is 10.1 Å².